The third-order valence-corrected chi connectivity index (χ3v) is 1.10. The Morgan fingerprint density at radius 2 is 2.20 bits per heavy atom. The molecule has 10 heavy (non-hydrogen) atoms. The van der Waals surface area contributed by atoms with E-state index in [9.17, 15) is 4.79 Å². The molecule has 0 amide bonds. The molecule has 0 unspecified atom stereocenters. The van der Waals surface area contributed by atoms with E-state index in [4.69, 9.17) is 10.2 Å². The van der Waals surface area contributed by atoms with E-state index in [2.05, 4.69) is 0 Å². The van der Waals surface area contributed by atoms with Gasteiger partial charge in [0.1, 0.15) is 0 Å². The monoisotopic (exact) mass is 144 g/mol. The topological polar surface area (TPSA) is 57.5 Å². The second kappa shape index (κ2) is 4.06. The van der Waals surface area contributed by atoms with Crippen molar-refractivity contribution in [3.05, 3.63) is 11.6 Å². The Balaban J connectivity index is 3.81. The van der Waals surface area contributed by atoms with Crippen LogP contribution < -0.4 is 0 Å². The summed E-state index contributed by atoms with van der Waals surface area (Å²) in [7, 11) is 0. The van der Waals surface area contributed by atoms with Gasteiger partial charge in [-0.15, -0.1) is 0 Å². The van der Waals surface area contributed by atoms with Crippen molar-refractivity contribution in [3.8, 4) is 0 Å². The fourth-order valence-electron chi connectivity index (χ4n) is 0.435. The van der Waals surface area contributed by atoms with Gasteiger partial charge in [-0.2, -0.15) is 0 Å². The van der Waals surface area contributed by atoms with Gasteiger partial charge in [-0.1, -0.05) is 6.08 Å². The Labute approximate surface area is 60.0 Å². The largest absolute Gasteiger partial charge is 0.478 e. The highest BCUT2D eigenvalue weighted by molar-refractivity contribution is 5.85. The minimum atomic E-state index is -0.930. The first-order valence-electron chi connectivity index (χ1n) is 3.12. The summed E-state index contributed by atoms with van der Waals surface area (Å²) in [6, 6.07) is 0. The molecule has 0 aromatic heterocycles. The van der Waals surface area contributed by atoms with Crippen LogP contribution in [-0.4, -0.2) is 22.3 Å². The molecule has 0 spiro atoms. The zero-order valence-corrected chi connectivity index (χ0v) is 6.16. The number of carboxylic acid groups (broad SMARTS) is 1. The second-order valence-electron chi connectivity index (χ2n) is 2.28. The first-order chi connectivity index (χ1) is 4.54. The maximum Gasteiger partial charge on any atom is 0.330 e. The number of aliphatic hydroxyl groups is 1. The summed E-state index contributed by atoms with van der Waals surface area (Å²) < 4.78 is 0. The van der Waals surface area contributed by atoms with Gasteiger partial charge in [0, 0.05) is 5.57 Å². The lowest BCUT2D eigenvalue weighted by molar-refractivity contribution is -0.132. The van der Waals surface area contributed by atoms with Crippen molar-refractivity contribution in [2.24, 2.45) is 0 Å². The molecular formula is C7H12O3. The minimum absolute atomic E-state index is 0.279. The smallest absolute Gasteiger partial charge is 0.330 e. The predicted octanol–water partition coefficient (Wildman–Crippen LogP) is 0.788. The van der Waals surface area contributed by atoms with Gasteiger partial charge in [-0.05, 0) is 20.3 Å². The van der Waals surface area contributed by atoms with Crippen LogP contribution in [0.25, 0.3) is 0 Å². The van der Waals surface area contributed by atoms with Crippen LogP contribution in [0.2, 0.25) is 0 Å². The molecule has 3 heteroatoms. The van der Waals surface area contributed by atoms with Gasteiger partial charge in [0.25, 0.3) is 0 Å². The van der Waals surface area contributed by atoms with Crippen molar-refractivity contribution < 1.29 is 15.0 Å². The Kier molecular flexibility index (Phi) is 3.72. The van der Waals surface area contributed by atoms with Crippen LogP contribution in [0.1, 0.15) is 20.3 Å². The van der Waals surface area contributed by atoms with E-state index in [1.807, 2.05) is 0 Å². The normalized spacial score (nSPS) is 14.9. The summed E-state index contributed by atoms with van der Waals surface area (Å²) in [5.41, 5.74) is 0.279. The summed E-state index contributed by atoms with van der Waals surface area (Å²) in [4.78, 5) is 10.2. The fourth-order valence-corrected chi connectivity index (χ4v) is 0.435. The minimum Gasteiger partial charge on any atom is -0.478 e. The number of aliphatic hydroxyl groups excluding tert-OH is 1. The van der Waals surface area contributed by atoms with Crippen LogP contribution in [0.15, 0.2) is 11.6 Å². The van der Waals surface area contributed by atoms with E-state index >= 15 is 0 Å². The molecule has 0 heterocycles. The van der Waals surface area contributed by atoms with Crippen molar-refractivity contribution in [2.75, 3.05) is 0 Å². The van der Waals surface area contributed by atoms with E-state index < -0.39 is 12.1 Å². The lowest BCUT2D eigenvalue weighted by Crippen LogP contribution is -2.00. The average molecular weight is 144 g/mol. The molecule has 0 bridgehead atoms. The standard InChI is InChI=1S/C7H12O3/c1-5(7(9)10)3-4-6(2)8/h3,6,8H,4H2,1-2H3,(H,9,10)/b5-3+/t6-/m1/s1. The van der Waals surface area contributed by atoms with Crippen LogP contribution in [0.3, 0.4) is 0 Å². The van der Waals surface area contributed by atoms with Crippen LogP contribution in [0, 0.1) is 0 Å². The molecule has 0 saturated heterocycles. The van der Waals surface area contributed by atoms with Crippen molar-refractivity contribution in [1.82, 2.24) is 0 Å². The highest BCUT2D eigenvalue weighted by Crippen LogP contribution is 1.97. The second-order valence-corrected chi connectivity index (χ2v) is 2.28. The molecule has 0 fully saturated rings. The lowest BCUT2D eigenvalue weighted by atomic mass is 10.2. The number of carbonyl (C=O) groups is 1. The molecule has 0 aliphatic carbocycles. The highest BCUT2D eigenvalue weighted by atomic mass is 16.4. The molecule has 0 aromatic rings. The molecule has 0 aromatic carbocycles. The summed E-state index contributed by atoms with van der Waals surface area (Å²) in [5.74, 6) is -0.930. The highest BCUT2D eigenvalue weighted by Gasteiger charge is 1.99. The summed E-state index contributed by atoms with van der Waals surface area (Å²) >= 11 is 0. The molecule has 2 N–H and O–H groups in total. The third kappa shape index (κ3) is 4.09. The Hall–Kier alpha value is -0.830. The Bertz CT molecular complexity index is 147. The van der Waals surface area contributed by atoms with Gasteiger partial charge in [0.2, 0.25) is 0 Å². The Morgan fingerprint density at radius 3 is 2.50 bits per heavy atom. The molecule has 0 aliphatic heterocycles. The third-order valence-electron chi connectivity index (χ3n) is 1.10. The number of hydrogen-bond acceptors (Lipinski definition) is 2. The van der Waals surface area contributed by atoms with Crippen LogP contribution >= 0.6 is 0 Å². The number of carboxylic acids is 1. The van der Waals surface area contributed by atoms with Crippen molar-refractivity contribution in [2.45, 2.75) is 26.4 Å². The van der Waals surface area contributed by atoms with E-state index in [0.717, 1.165) is 0 Å². The van der Waals surface area contributed by atoms with Crippen molar-refractivity contribution >= 4 is 5.97 Å². The van der Waals surface area contributed by atoms with Crippen molar-refractivity contribution in [3.63, 3.8) is 0 Å². The summed E-state index contributed by atoms with van der Waals surface area (Å²) in [5, 5.41) is 17.1. The van der Waals surface area contributed by atoms with Gasteiger partial charge in [-0.3, -0.25) is 0 Å². The summed E-state index contributed by atoms with van der Waals surface area (Å²) in [6.45, 7) is 3.12. The molecule has 0 saturated carbocycles. The zero-order chi connectivity index (χ0) is 8.15. The first-order valence-corrected chi connectivity index (χ1v) is 3.12. The Morgan fingerprint density at radius 1 is 1.70 bits per heavy atom. The fraction of sp³-hybridized carbons (Fsp3) is 0.571. The van der Waals surface area contributed by atoms with Gasteiger partial charge in [0.05, 0.1) is 6.10 Å². The summed E-state index contributed by atoms with van der Waals surface area (Å²) in [6.07, 6.45) is 1.44. The molecule has 0 radical (unpaired) electrons. The van der Waals surface area contributed by atoms with Gasteiger partial charge < -0.3 is 10.2 Å². The molecule has 1 atom stereocenters. The van der Waals surface area contributed by atoms with E-state index in [1.165, 1.54) is 13.0 Å². The lowest BCUT2D eigenvalue weighted by Gasteiger charge is -1.97. The molecule has 0 aliphatic rings. The van der Waals surface area contributed by atoms with Crippen LogP contribution in [0.4, 0.5) is 0 Å². The van der Waals surface area contributed by atoms with Crippen LogP contribution in [0.5, 0.6) is 0 Å². The van der Waals surface area contributed by atoms with E-state index in [1.54, 1.807) is 6.92 Å². The number of aliphatic carboxylic acids is 1. The van der Waals surface area contributed by atoms with Crippen molar-refractivity contribution in [1.29, 1.82) is 0 Å². The maximum atomic E-state index is 10.2. The first kappa shape index (κ1) is 9.17. The van der Waals surface area contributed by atoms with E-state index in [0.29, 0.717) is 6.42 Å². The SMILES string of the molecule is C/C(=C\C[C@@H](C)O)C(=O)O. The molecule has 3 nitrogen and oxygen atoms in total. The maximum absolute atomic E-state index is 10.2. The van der Waals surface area contributed by atoms with Gasteiger partial charge in [0.15, 0.2) is 0 Å². The molecule has 0 rings (SSSR count). The number of rotatable bonds is 3. The van der Waals surface area contributed by atoms with Crippen LogP contribution in [-0.2, 0) is 4.79 Å². The quantitative estimate of drug-likeness (QED) is 0.576. The van der Waals surface area contributed by atoms with E-state index in [-0.39, 0.29) is 5.57 Å². The van der Waals surface area contributed by atoms with Gasteiger partial charge in [-0.25, -0.2) is 4.79 Å². The molecule has 58 valence electrons. The predicted molar refractivity (Wildman–Crippen MR) is 37.7 cm³/mol. The number of hydrogen-bond donors (Lipinski definition) is 2. The zero-order valence-electron chi connectivity index (χ0n) is 6.16. The molecular weight excluding hydrogens is 132 g/mol. The van der Waals surface area contributed by atoms with Gasteiger partial charge >= 0.3 is 5.97 Å². The average Bonchev–Trinajstić information content (AvgIpc) is 1.82.